The van der Waals surface area contributed by atoms with Crippen LogP contribution in [0.15, 0.2) is 47.2 Å². The van der Waals surface area contributed by atoms with Crippen LogP contribution in [0.2, 0.25) is 0 Å². The average molecular weight is 332 g/mol. The number of halogens is 1. The second-order valence-corrected chi connectivity index (χ2v) is 4.80. The lowest BCUT2D eigenvalue weighted by molar-refractivity contribution is 0.411. The van der Waals surface area contributed by atoms with Gasteiger partial charge in [-0.15, -0.1) is 0 Å². The van der Waals surface area contributed by atoms with Crippen LogP contribution < -0.4 is 9.47 Å². The molecular formula is C14H10BrN3O2. The van der Waals surface area contributed by atoms with Crippen molar-refractivity contribution >= 4 is 27.1 Å². The van der Waals surface area contributed by atoms with Crippen LogP contribution in [0.4, 0.5) is 0 Å². The van der Waals surface area contributed by atoms with E-state index < -0.39 is 0 Å². The first kappa shape index (κ1) is 12.8. The summed E-state index contributed by atoms with van der Waals surface area (Å²) >= 11 is 3.43. The zero-order valence-corrected chi connectivity index (χ0v) is 12.2. The van der Waals surface area contributed by atoms with E-state index in [9.17, 15) is 0 Å². The molecule has 0 saturated carbocycles. The van der Waals surface area contributed by atoms with Crippen LogP contribution in [0.25, 0.3) is 11.2 Å². The molecule has 100 valence electrons. The summed E-state index contributed by atoms with van der Waals surface area (Å²) in [4.78, 5) is 12.6. The topological polar surface area (TPSA) is 57.1 Å². The van der Waals surface area contributed by atoms with E-state index in [0.29, 0.717) is 17.3 Å². The fraction of sp³-hybridized carbons (Fsp3) is 0.0714. The normalized spacial score (nSPS) is 10.5. The molecule has 0 fully saturated rings. The monoisotopic (exact) mass is 331 g/mol. The summed E-state index contributed by atoms with van der Waals surface area (Å²) in [7, 11) is 1.62. The zero-order valence-electron chi connectivity index (χ0n) is 10.6. The lowest BCUT2D eigenvalue weighted by Crippen LogP contribution is -1.92. The molecule has 0 bridgehead atoms. The molecular weight excluding hydrogens is 322 g/mol. The quantitative estimate of drug-likeness (QED) is 0.734. The van der Waals surface area contributed by atoms with Gasteiger partial charge < -0.3 is 9.47 Å². The Hall–Kier alpha value is -2.21. The van der Waals surface area contributed by atoms with Crippen LogP contribution in [-0.4, -0.2) is 22.1 Å². The van der Waals surface area contributed by atoms with Gasteiger partial charge in [-0.25, -0.2) is 4.98 Å². The van der Waals surface area contributed by atoms with Crippen molar-refractivity contribution in [3.8, 4) is 17.4 Å². The number of hydrogen-bond acceptors (Lipinski definition) is 5. The first-order chi connectivity index (χ1) is 9.76. The van der Waals surface area contributed by atoms with E-state index >= 15 is 0 Å². The maximum atomic E-state index is 5.74. The molecule has 2 aromatic heterocycles. The van der Waals surface area contributed by atoms with E-state index in [1.165, 1.54) is 0 Å². The van der Waals surface area contributed by atoms with Crippen molar-refractivity contribution in [2.24, 2.45) is 0 Å². The summed E-state index contributed by atoms with van der Waals surface area (Å²) in [5, 5.41) is 0. The van der Waals surface area contributed by atoms with E-state index in [1.54, 1.807) is 25.6 Å². The Morgan fingerprint density at radius 2 is 1.90 bits per heavy atom. The van der Waals surface area contributed by atoms with Crippen molar-refractivity contribution < 1.29 is 9.47 Å². The number of benzene rings is 1. The molecule has 0 aliphatic carbocycles. The molecule has 0 aliphatic heterocycles. The van der Waals surface area contributed by atoms with Gasteiger partial charge in [-0.05, 0) is 40.2 Å². The Morgan fingerprint density at radius 3 is 2.70 bits per heavy atom. The van der Waals surface area contributed by atoms with Gasteiger partial charge in [0.2, 0.25) is 5.88 Å². The standard InChI is InChI=1S/C14H10BrN3O2/c1-19-9-2-4-12(10(15)8-9)20-13-5-3-11-14(18-13)17-7-6-16-11/h2-8H,1H3. The second-order valence-electron chi connectivity index (χ2n) is 3.95. The van der Waals surface area contributed by atoms with E-state index in [-0.39, 0.29) is 0 Å². The summed E-state index contributed by atoms with van der Waals surface area (Å²) in [5.41, 5.74) is 1.28. The van der Waals surface area contributed by atoms with E-state index in [4.69, 9.17) is 9.47 Å². The third-order valence-electron chi connectivity index (χ3n) is 2.66. The van der Waals surface area contributed by atoms with Gasteiger partial charge in [-0.3, -0.25) is 4.98 Å². The van der Waals surface area contributed by atoms with E-state index in [0.717, 1.165) is 15.7 Å². The Morgan fingerprint density at radius 1 is 1.05 bits per heavy atom. The van der Waals surface area contributed by atoms with Crippen LogP contribution >= 0.6 is 15.9 Å². The molecule has 0 unspecified atom stereocenters. The highest BCUT2D eigenvalue weighted by molar-refractivity contribution is 9.10. The van der Waals surface area contributed by atoms with Crippen molar-refractivity contribution in [2.45, 2.75) is 0 Å². The molecule has 0 atom stereocenters. The lowest BCUT2D eigenvalue weighted by atomic mass is 10.3. The van der Waals surface area contributed by atoms with Crippen LogP contribution in [0.5, 0.6) is 17.4 Å². The highest BCUT2D eigenvalue weighted by atomic mass is 79.9. The van der Waals surface area contributed by atoms with E-state index in [2.05, 4.69) is 30.9 Å². The zero-order chi connectivity index (χ0) is 13.9. The molecule has 3 rings (SSSR count). The molecule has 0 spiro atoms. The van der Waals surface area contributed by atoms with Crippen molar-refractivity contribution in [3.63, 3.8) is 0 Å². The molecule has 0 saturated heterocycles. The van der Waals surface area contributed by atoms with Crippen molar-refractivity contribution in [2.75, 3.05) is 7.11 Å². The molecule has 0 radical (unpaired) electrons. The molecule has 3 aromatic rings. The first-order valence-corrected chi connectivity index (χ1v) is 6.65. The number of hydrogen-bond donors (Lipinski definition) is 0. The number of rotatable bonds is 3. The molecule has 0 N–H and O–H groups in total. The lowest BCUT2D eigenvalue weighted by Gasteiger charge is -2.08. The third-order valence-corrected chi connectivity index (χ3v) is 3.28. The Balaban J connectivity index is 1.92. The van der Waals surface area contributed by atoms with E-state index in [1.807, 2.05) is 24.3 Å². The molecule has 6 heteroatoms. The van der Waals surface area contributed by atoms with Gasteiger partial charge in [-0.1, -0.05) is 0 Å². The molecule has 20 heavy (non-hydrogen) atoms. The van der Waals surface area contributed by atoms with Crippen LogP contribution in [-0.2, 0) is 0 Å². The van der Waals surface area contributed by atoms with Gasteiger partial charge in [0.15, 0.2) is 5.65 Å². The van der Waals surface area contributed by atoms with Crippen LogP contribution in [0, 0.1) is 0 Å². The highest BCUT2D eigenvalue weighted by Gasteiger charge is 2.06. The molecule has 1 aromatic carbocycles. The van der Waals surface area contributed by atoms with Crippen molar-refractivity contribution in [1.82, 2.24) is 15.0 Å². The van der Waals surface area contributed by atoms with Gasteiger partial charge in [-0.2, -0.15) is 4.98 Å². The van der Waals surface area contributed by atoms with Gasteiger partial charge in [0, 0.05) is 18.5 Å². The average Bonchev–Trinajstić information content (AvgIpc) is 2.49. The van der Waals surface area contributed by atoms with Gasteiger partial charge >= 0.3 is 0 Å². The Kier molecular flexibility index (Phi) is 3.47. The van der Waals surface area contributed by atoms with Gasteiger partial charge in [0.1, 0.15) is 17.0 Å². The predicted molar refractivity (Wildman–Crippen MR) is 78.1 cm³/mol. The Bertz CT molecular complexity index is 764. The molecule has 0 aliphatic rings. The molecule has 5 nitrogen and oxygen atoms in total. The summed E-state index contributed by atoms with van der Waals surface area (Å²) in [6, 6.07) is 9.04. The third kappa shape index (κ3) is 2.55. The first-order valence-electron chi connectivity index (χ1n) is 5.85. The smallest absolute Gasteiger partial charge is 0.221 e. The number of pyridine rings is 1. The predicted octanol–water partition coefficient (Wildman–Crippen LogP) is 3.59. The fourth-order valence-corrected chi connectivity index (χ4v) is 2.14. The number of fused-ring (bicyclic) bond motifs is 1. The fourth-order valence-electron chi connectivity index (χ4n) is 1.70. The maximum Gasteiger partial charge on any atom is 0.221 e. The van der Waals surface area contributed by atoms with Crippen LogP contribution in [0.3, 0.4) is 0 Å². The number of nitrogens with zero attached hydrogens (tertiary/aromatic N) is 3. The summed E-state index contributed by atoms with van der Waals surface area (Å²) in [6.45, 7) is 0. The van der Waals surface area contributed by atoms with Gasteiger partial charge in [0.05, 0.1) is 11.6 Å². The van der Waals surface area contributed by atoms with Crippen molar-refractivity contribution in [1.29, 1.82) is 0 Å². The maximum absolute atomic E-state index is 5.74. The number of ether oxygens (including phenoxy) is 2. The minimum atomic E-state index is 0.462. The van der Waals surface area contributed by atoms with Gasteiger partial charge in [0.25, 0.3) is 0 Å². The molecule has 2 heterocycles. The summed E-state index contributed by atoms with van der Waals surface area (Å²) < 4.78 is 11.7. The van der Waals surface area contributed by atoms with Crippen molar-refractivity contribution in [3.05, 3.63) is 47.2 Å². The number of methoxy groups -OCH3 is 1. The largest absolute Gasteiger partial charge is 0.497 e. The summed E-state index contributed by atoms with van der Waals surface area (Å²) in [5.74, 6) is 1.87. The number of aromatic nitrogens is 3. The second kappa shape index (κ2) is 5.42. The van der Waals surface area contributed by atoms with Crippen LogP contribution in [0.1, 0.15) is 0 Å². The highest BCUT2D eigenvalue weighted by Crippen LogP contribution is 2.32. The SMILES string of the molecule is COc1ccc(Oc2ccc3nccnc3n2)c(Br)c1. The molecule has 0 amide bonds. The summed E-state index contributed by atoms with van der Waals surface area (Å²) in [6.07, 6.45) is 3.23. The Labute approximate surface area is 123 Å². The minimum absolute atomic E-state index is 0.462. The minimum Gasteiger partial charge on any atom is -0.497 e.